The number of halogens is 2. The number of rotatable bonds is 7. The number of carbonyl (C=O) groups is 1. The van der Waals surface area contributed by atoms with Gasteiger partial charge in [0.1, 0.15) is 17.0 Å². The number of fused-ring (bicyclic) bond motifs is 3. The number of morpholine rings is 1. The van der Waals surface area contributed by atoms with Crippen LogP contribution in [0, 0.1) is 6.92 Å². The second-order valence-electron chi connectivity index (χ2n) is 10.9. The minimum atomic E-state index is -1.07. The lowest BCUT2D eigenvalue weighted by Crippen LogP contribution is -2.59. The summed E-state index contributed by atoms with van der Waals surface area (Å²) in [7, 11) is 0. The maximum atomic E-state index is 11.4. The van der Waals surface area contributed by atoms with Gasteiger partial charge in [-0.15, -0.1) is 0 Å². The Kier molecular flexibility index (Phi) is 6.54. The van der Waals surface area contributed by atoms with E-state index < -0.39 is 5.97 Å². The minimum Gasteiger partial charge on any atom is -0.475 e. The Labute approximate surface area is 240 Å². The number of ether oxygens (including phenoxy) is 2. The van der Waals surface area contributed by atoms with Crippen LogP contribution in [-0.2, 0) is 16.1 Å². The van der Waals surface area contributed by atoms with Gasteiger partial charge < -0.3 is 28.4 Å². The average molecular weight is 583 g/mol. The fraction of sp³-hybridized carbons (Fsp3) is 0.400. The number of benzene rings is 2. The highest BCUT2D eigenvalue weighted by molar-refractivity contribution is 6.39. The highest BCUT2D eigenvalue weighted by atomic mass is 35.5. The summed E-state index contributed by atoms with van der Waals surface area (Å²) in [6, 6.07) is 11.2. The van der Waals surface area contributed by atoms with Crippen LogP contribution in [0.4, 0.5) is 5.69 Å². The standard InChI is InChI=1S/C30H28Cl2N2O6/c1-15-20-11-26(30(35)36)39-25(20)8-7-24(15)34-17-9-19(10-18(34)13-37-12-17)38-14-21-28(33-40-29(21)16-5-6-16)27-22(31)3-2-4-23(27)32/h2-4,7-8,11,16-19H,5-6,9-10,12-14H2,1H3,(H,35,36). The van der Waals surface area contributed by atoms with Crippen molar-refractivity contribution < 1.29 is 28.3 Å². The predicted octanol–water partition coefficient (Wildman–Crippen LogP) is 7.23. The summed E-state index contributed by atoms with van der Waals surface area (Å²) >= 11 is 13.1. The van der Waals surface area contributed by atoms with Gasteiger partial charge in [0.05, 0.1) is 48.1 Å². The van der Waals surface area contributed by atoms with Gasteiger partial charge in [0.25, 0.3) is 0 Å². The van der Waals surface area contributed by atoms with Crippen molar-refractivity contribution in [1.82, 2.24) is 5.16 Å². The van der Waals surface area contributed by atoms with Gasteiger partial charge in [-0.1, -0.05) is 34.4 Å². The fourth-order valence-corrected chi connectivity index (χ4v) is 6.85. The molecule has 1 N–H and O–H groups in total. The third-order valence-electron chi connectivity index (χ3n) is 8.34. The molecule has 40 heavy (non-hydrogen) atoms. The van der Waals surface area contributed by atoms with E-state index in [-0.39, 0.29) is 23.9 Å². The second kappa shape index (κ2) is 10.1. The van der Waals surface area contributed by atoms with E-state index in [1.165, 1.54) is 0 Å². The smallest absolute Gasteiger partial charge is 0.371 e. The number of aryl methyl sites for hydroxylation is 1. The van der Waals surface area contributed by atoms with Crippen molar-refractivity contribution >= 4 is 45.8 Å². The summed E-state index contributed by atoms with van der Waals surface area (Å²) < 4.78 is 23.9. The number of aromatic carboxylic acids is 1. The van der Waals surface area contributed by atoms with Gasteiger partial charge in [-0.3, -0.25) is 0 Å². The van der Waals surface area contributed by atoms with Gasteiger partial charge in [-0.05, 0) is 68.5 Å². The molecule has 2 unspecified atom stereocenters. The molecule has 3 aliphatic rings. The van der Waals surface area contributed by atoms with Gasteiger partial charge in [0.2, 0.25) is 5.76 Å². The van der Waals surface area contributed by atoms with Crippen molar-refractivity contribution in [2.45, 2.75) is 63.3 Å². The van der Waals surface area contributed by atoms with Crippen molar-refractivity contribution in [2.24, 2.45) is 0 Å². The van der Waals surface area contributed by atoms with Crippen LogP contribution < -0.4 is 4.90 Å². The molecule has 1 saturated carbocycles. The third-order valence-corrected chi connectivity index (χ3v) is 8.97. The highest BCUT2D eigenvalue weighted by Gasteiger charge is 2.41. The van der Waals surface area contributed by atoms with E-state index in [0.717, 1.165) is 53.6 Å². The zero-order valence-corrected chi connectivity index (χ0v) is 23.4. The number of hydrogen-bond donors (Lipinski definition) is 1. The van der Waals surface area contributed by atoms with E-state index >= 15 is 0 Å². The largest absolute Gasteiger partial charge is 0.475 e. The van der Waals surface area contributed by atoms with Crippen molar-refractivity contribution in [3.8, 4) is 11.3 Å². The van der Waals surface area contributed by atoms with Crippen molar-refractivity contribution in [2.75, 3.05) is 18.1 Å². The molecule has 10 heteroatoms. The van der Waals surface area contributed by atoms with E-state index in [1.807, 2.05) is 25.1 Å². The Morgan fingerprint density at radius 2 is 1.85 bits per heavy atom. The topological polar surface area (TPSA) is 98.2 Å². The lowest BCUT2D eigenvalue weighted by Gasteiger charge is -2.50. The van der Waals surface area contributed by atoms with Crippen molar-refractivity contribution in [3.05, 3.63) is 69.1 Å². The summed E-state index contributed by atoms with van der Waals surface area (Å²) in [6.07, 6.45) is 3.78. The first-order valence-electron chi connectivity index (χ1n) is 13.6. The Hall–Kier alpha value is -3.04. The monoisotopic (exact) mass is 582 g/mol. The minimum absolute atomic E-state index is 0.0308. The first-order valence-corrected chi connectivity index (χ1v) is 14.3. The number of hydrogen-bond acceptors (Lipinski definition) is 7. The molecule has 7 rings (SSSR count). The summed E-state index contributed by atoms with van der Waals surface area (Å²) in [5.41, 5.74) is 4.92. The summed E-state index contributed by atoms with van der Waals surface area (Å²) in [5, 5.41) is 15.7. The molecule has 8 nitrogen and oxygen atoms in total. The van der Waals surface area contributed by atoms with Gasteiger partial charge >= 0.3 is 5.97 Å². The van der Waals surface area contributed by atoms with Crippen molar-refractivity contribution in [3.63, 3.8) is 0 Å². The quantitative estimate of drug-likeness (QED) is 0.243. The Morgan fingerprint density at radius 1 is 1.12 bits per heavy atom. The Morgan fingerprint density at radius 3 is 2.52 bits per heavy atom. The highest BCUT2D eigenvalue weighted by Crippen LogP contribution is 2.46. The van der Waals surface area contributed by atoms with Gasteiger partial charge in [0, 0.05) is 28.1 Å². The first-order chi connectivity index (χ1) is 19.4. The van der Waals surface area contributed by atoms with Crippen LogP contribution in [-0.4, -0.2) is 47.6 Å². The lowest BCUT2D eigenvalue weighted by atomic mass is 9.90. The van der Waals surface area contributed by atoms with E-state index in [1.54, 1.807) is 18.2 Å². The molecule has 2 aromatic carbocycles. The molecule has 0 amide bonds. The van der Waals surface area contributed by atoms with Gasteiger partial charge in [0.15, 0.2) is 0 Å². The zero-order valence-electron chi connectivity index (χ0n) is 21.9. The molecule has 0 radical (unpaired) electrons. The SMILES string of the molecule is Cc1c(N2C3COCC2CC(OCc2c(-c4c(Cl)cccc4Cl)noc2C2CC2)C3)ccc2oc(C(=O)O)cc12. The Bertz CT molecular complexity index is 1570. The molecule has 4 heterocycles. The summed E-state index contributed by atoms with van der Waals surface area (Å²) in [5.74, 6) is 0.107. The molecule has 1 aliphatic carbocycles. The Balaban J connectivity index is 1.13. The van der Waals surface area contributed by atoms with Crippen molar-refractivity contribution in [1.29, 1.82) is 0 Å². The van der Waals surface area contributed by atoms with E-state index in [4.69, 9.17) is 41.6 Å². The molecule has 2 atom stereocenters. The zero-order chi connectivity index (χ0) is 27.5. The molecule has 3 fully saturated rings. The molecule has 2 aromatic heterocycles. The van der Waals surface area contributed by atoms with E-state index in [2.05, 4.69) is 10.1 Å². The molecule has 2 aliphatic heterocycles. The van der Waals surface area contributed by atoms with Crippen LogP contribution in [0.25, 0.3) is 22.2 Å². The number of carboxylic acid groups (broad SMARTS) is 1. The number of furan rings is 1. The fourth-order valence-electron chi connectivity index (χ4n) is 6.27. The van der Waals surface area contributed by atoms with Gasteiger partial charge in [-0.25, -0.2) is 4.79 Å². The van der Waals surface area contributed by atoms with Gasteiger partial charge in [-0.2, -0.15) is 0 Å². The molecule has 4 aromatic rings. The number of piperidine rings is 1. The second-order valence-corrected chi connectivity index (χ2v) is 11.8. The summed E-state index contributed by atoms with van der Waals surface area (Å²) in [6.45, 7) is 3.58. The molecule has 208 valence electrons. The number of nitrogens with zero attached hydrogens (tertiary/aromatic N) is 2. The van der Waals surface area contributed by atoms with Crippen LogP contribution in [0.5, 0.6) is 0 Å². The number of anilines is 1. The summed E-state index contributed by atoms with van der Waals surface area (Å²) in [4.78, 5) is 13.9. The molecule has 2 bridgehead atoms. The van der Waals surface area contributed by atoms with Crippen LogP contribution >= 0.6 is 23.2 Å². The molecule has 2 saturated heterocycles. The third kappa shape index (κ3) is 4.47. The van der Waals surface area contributed by atoms with E-state index in [0.29, 0.717) is 52.6 Å². The van der Waals surface area contributed by atoms with Crippen LogP contribution in [0.15, 0.2) is 45.3 Å². The normalized spacial score (nSPS) is 22.7. The van der Waals surface area contributed by atoms with Crippen LogP contribution in [0.1, 0.15) is 59.0 Å². The number of carboxylic acids is 1. The van der Waals surface area contributed by atoms with Crippen LogP contribution in [0.2, 0.25) is 10.0 Å². The predicted molar refractivity (Wildman–Crippen MR) is 151 cm³/mol. The number of aromatic nitrogens is 1. The maximum absolute atomic E-state index is 11.4. The average Bonchev–Trinajstić information content (AvgIpc) is 3.52. The lowest BCUT2D eigenvalue weighted by molar-refractivity contribution is -0.0395. The molecular weight excluding hydrogens is 555 g/mol. The molecular formula is C30H28Cl2N2O6. The first kappa shape index (κ1) is 25.9. The maximum Gasteiger partial charge on any atom is 0.371 e. The molecule has 0 spiro atoms. The van der Waals surface area contributed by atoms with E-state index in [9.17, 15) is 9.90 Å². The van der Waals surface area contributed by atoms with Crippen LogP contribution in [0.3, 0.4) is 0 Å².